The molecule has 2 rings (SSSR count). The smallest absolute Gasteiger partial charge is 0.0731 e. The third-order valence-corrected chi connectivity index (χ3v) is 3.03. The lowest BCUT2D eigenvalue weighted by Gasteiger charge is -2.19. The maximum atomic E-state index is 4.44. The third kappa shape index (κ3) is 2.55. The molecule has 0 bridgehead atoms. The van der Waals surface area contributed by atoms with E-state index < -0.39 is 0 Å². The molecule has 0 amide bonds. The largest absolute Gasteiger partial charge is 0.256 e. The van der Waals surface area contributed by atoms with Crippen LogP contribution in [0.25, 0.3) is 11.3 Å². The SMILES string of the molecule is Cc1cccnc1-c1ccc(C(C)(C)C)cc1. The molecule has 1 aromatic carbocycles. The minimum atomic E-state index is 0.206. The molecule has 0 saturated carbocycles. The van der Waals surface area contributed by atoms with Crippen molar-refractivity contribution in [3.63, 3.8) is 0 Å². The van der Waals surface area contributed by atoms with Crippen LogP contribution in [0, 0.1) is 6.92 Å². The summed E-state index contributed by atoms with van der Waals surface area (Å²) in [6.45, 7) is 8.79. The van der Waals surface area contributed by atoms with E-state index in [2.05, 4.69) is 63.0 Å². The monoisotopic (exact) mass is 225 g/mol. The van der Waals surface area contributed by atoms with Gasteiger partial charge in [0.15, 0.2) is 0 Å². The van der Waals surface area contributed by atoms with Gasteiger partial charge in [-0.1, -0.05) is 51.1 Å². The van der Waals surface area contributed by atoms with Crippen LogP contribution in [0.4, 0.5) is 0 Å². The van der Waals surface area contributed by atoms with Crippen LogP contribution in [0.15, 0.2) is 42.6 Å². The molecule has 0 atom stereocenters. The fourth-order valence-electron chi connectivity index (χ4n) is 1.92. The van der Waals surface area contributed by atoms with Crippen molar-refractivity contribution >= 4 is 0 Å². The van der Waals surface area contributed by atoms with Crippen molar-refractivity contribution in [2.75, 3.05) is 0 Å². The molecule has 0 spiro atoms. The predicted molar refractivity (Wildman–Crippen MR) is 73.1 cm³/mol. The molecular weight excluding hydrogens is 206 g/mol. The maximum Gasteiger partial charge on any atom is 0.0731 e. The quantitative estimate of drug-likeness (QED) is 0.703. The molecule has 1 heterocycles. The van der Waals surface area contributed by atoms with Gasteiger partial charge in [0, 0.05) is 11.8 Å². The molecule has 2 aromatic rings. The van der Waals surface area contributed by atoms with Gasteiger partial charge in [0.25, 0.3) is 0 Å². The van der Waals surface area contributed by atoms with E-state index in [-0.39, 0.29) is 5.41 Å². The van der Waals surface area contributed by atoms with Crippen LogP contribution in [0.2, 0.25) is 0 Å². The summed E-state index contributed by atoms with van der Waals surface area (Å²) in [5, 5.41) is 0. The molecule has 0 fully saturated rings. The number of pyridine rings is 1. The standard InChI is InChI=1S/C16H19N/c1-12-6-5-11-17-15(12)13-7-9-14(10-8-13)16(2,3)4/h5-11H,1-4H3. The first-order valence-electron chi connectivity index (χ1n) is 6.01. The average Bonchev–Trinajstić information content (AvgIpc) is 2.29. The molecule has 0 unspecified atom stereocenters. The summed E-state index contributed by atoms with van der Waals surface area (Å²) in [6, 6.07) is 12.8. The van der Waals surface area contributed by atoms with Crippen molar-refractivity contribution < 1.29 is 0 Å². The lowest BCUT2D eigenvalue weighted by molar-refractivity contribution is 0.590. The Morgan fingerprint density at radius 3 is 2.12 bits per heavy atom. The molecule has 1 heteroatoms. The second-order valence-corrected chi connectivity index (χ2v) is 5.50. The van der Waals surface area contributed by atoms with E-state index in [1.165, 1.54) is 16.7 Å². The Labute approximate surface area is 104 Å². The third-order valence-electron chi connectivity index (χ3n) is 3.03. The predicted octanol–water partition coefficient (Wildman–Crippen LogP) is 4.35. The number of benzene rings is 1. The molecular formula is C16H19N. The summed E-state index contributed by atoms with van der Waals surface area (Å²) in [5.74, 6) is 0. The molecule has 88 valence electrons. The first-order chi connectivity index (χ1) is 7.98. The van der Waals surface area contributed by atoms with E-state index in [1.54, 1.807) is 0 Å². The summed E-state index contributed by atoms with van der Waals surface area (Å²) in [7, 11) is 0. The second kappa shape index (κ2) is 4.33. The highest BCUT2D eigenvalue weighted by Crippen LogP contribution is 2.26. The van der Waals surface area contributed by atoms with Gasteiger partial charge in [-0.3, -0.25) is 4.98 Å². The van der Waals surface area contributed by atoms with Crippen LogP contribution in [0.5, 0.6) is 0 Å². The first-order valence-corrected chi connectivity index (χ1v) is 6.01. The number of nitrogens with zero attached hydrogens (tertiary/aromatic N) is 1. The second-order valence-electron chi connectivity index (χ2n) is 5.50. The first kappa shape index (κ1) is 11.8. The Bertz CT molecular complexity index is 504. The van der Waals surface area contributed by atoms with Gasteiger partial charge in [0.1, 0.15) is 0 Å². The number of hydrogen-bond acceptors (Lipinski definition) is 1. The van der Waals surface area contributed by atoms with Crippen molar-refractivity contribution in [3.05, 3.63) is 53.7 Å². The number of aromatic nitrogens is 1. The molecule has 0 radical (unpaired) electrons. The molecule has 1 aromatic heterocycles. The van der Waals surface area contributed by atoms with Gasteiger partial charge in [-0.15, -0.1) is 0 Å². The highest BCUT2D eigenvalue weighted by molar-refractivity contribution is 5.63. The van der Waals surface area contributed by atoms with Gasteiger partial charge >= 0.3 is 0 Å². The lowest BCUT2D eigenvalue weighted by atomic mass is 9.86. The Kier molecular flexibility index (Phi) is 3.01. The maximum absolute atomic E-state index is 4.44. The summed E-state index contributed by atoms with van der Waals surface area (Å²) in [4.78, 5) is 4.44. The topological polar surface area (TPSA) is 12.9 Å². The van der Waals surface area contributed by atoms with E-state index in [9.17, 15) is 0 Å². The Morgan fingerprint density at radius 2 is 1.59 bits per heavy atom. The average molecular weight is 225 g/mol. The van der Waals surface area contributed by atoms with Crippen molar-refractivity contribution in [2.45, 2.75) is 33.1 Å². The van der Waals surface area contributed by atoms with E-state index in [4.69, 9.17) is 0 Å². The zero-order valence-electron chi connectivity index (χ0n) is 11.0. The molecule has 17 heavy (non-hydrogen) atoms. The van der Waals surface area contributed by atoms with Crippen molar-refractivity contribution in [2.24, 2.45) is 0 Å². The summed E-state index contributed by atoms with van der Waals surface area (Å²) in [5.41, 5.74) is 5.05. The van der Waals surface area contributed by atoms with Crippen molar-refractivity contribution in [3.8, 4) is 11.3 Å². The van der Waals surface area contributed by atoms with E-state index >= 15 is 0 Å². The van der Waals surface area contributed by atoms with Crippen LogP contribution in [-0.2, 0) is 5.41 Å². The van der Waals surface area contributed by atoms with Crippen LogP contribution in [0.3, 0.4) is 0 Å². The molecule has 0 saturated heterocycles. The Hall–Kier alpha value is -1.63. The van der Waals surface area contributed by atoms with Gasteiger partial charge in [-0.25, -0.2) is 0 Å². The van der Waals surface area contributed by atoms with Crippen LogP contribution < -0.4 is 0 Å². The van der Waals surface area contributed by atoms with Gasteiger partial charge < -0.3 is 0 Å². The number of hydrogen-bond donors (Lipinski definition) is 0. The van der Waals surface area contributed by atoms with Crippen molar-refractivity contribution in [1.82, 2.24) is 4.98 Å². The fraction of sp³-hybridized carbons (Fsp3) is 0.312. The molecule has 0 N–H and O–H groups in total. The minimum absolute atomic E-state index is 0.206. The molecule has 0 aliphatic carbocycles. The van der Waals surface area contributed by atoms with Crippen LogP contribution in [0.1, 0.15) is 31.9 Å². The summed E-state index contributed by atoms with van der Waals surface area (Å²) in [6.07, 6.45) is 1.85. The van der Waals surface area contributed by atoms with Crippen LogP contribution in [-0.4, -0.2) is 4.98 Å². The zero-order valence-corrected chi connectivity index (χ0v) is 11.0. The minimum Gasteiger partial charge on any atom is -0.256 e. The van der Waals surface area contributed by atoms with Gasteiger partial charge in [0.05, 0.1) is 5.69 Å². The molecule has 0 aliphatic heterocycles. The highest BCUT2D eigenvalue weighted by atomic mass is 14.7. The summed E-state index contributed by atoms with van der Waals surface area (Å²) >= 11 is 0. The van der Waals surface area contributed by atoms with Crippen LogP contribution >= 0.6 is 0 Å². The van der Waals surface area contributed by atoms with Gasteiger partial charge in [-0.05, 0) is 29.5 Å². The van der Waals surface area contributed by atoms with E-state index in [0.29, 0.717) is 0 Å². The van der Waals surface area contributed by atoms with Gasteiger partial charge in [-0.2, -0.15) is 0 Å². The zero-order chi connectivity index (χ0) is 12.5. The normalized spacial score (nSPS) is 11.5. The van der Waals surface area contributed by atoms with E-state index in [1.807, 2.05) is 12.3 Å². The lowest BCUT2D eigenvalue weighted by Crippen LogP contribution is -2.10. The Balaban J connectivity index is 2.40. The number of aryl methyl sites for hydroxylation is 1. The fourth-order valence-corrected chi connectivity index (χ4v) is 1.92. The van der Waals surface area contributed by atoms with E-state index in [0.717, 1.165) is 5.69 Å². The Morgan fingerprint density at radius 1 is 0.941 bits per heavy atom. The van der Waals surface area contributed by atoms with Gasteiger partial charge in [0.2, 0.25) is 0 Å². The number of rotatable bonds is 1. The summed E-state index contributed by atoms with van der Waals surface area (Å²) < 4.78 is 0. The molecule has 1 nitrogen and oxygen atoms in total. The molecule has 0 aliphatic rings. The highest BCUT2D eigenvalue weighted by Gasteiger charge is 2.13. The van der Waals surface area contributed by atoms with Crippen molar-refractivity contribution in [1.29, 1.82) is 0 Å².